The molecule has 1 aromatic carbocycles. The maximum absolute atomic E-state index is 10.6. The zero-order valence-corrected chi connectivity index (χ0v) is 10.7. The number of fused-ring (bicyclic) bond motifs is 1. The Morgan fingerprint density at radius 3 is 3.00 bits per heavy atom. The molecule has 1 aliphatic heterocycles. The van der Waals surface area contributed by atoms with Gasteiger partial charge < -0.3 is 10.4 Å². The van der Waals surface area contributed by atoms with Crippen molar-refractivity contribution in [2.24, 2.45) is 5.92 Å². The Kier molecular flexibility index (Phi) is 2.33. The van der Waals surface area contributed by atoms with E-state index in [2.05, 4.69) is 29.6 Å². The summed E-state index contributed by atoms with van der Waals surface area (Å²) in [4.78, 5) is 0. The maximum atomic E-state index is 10.6. The first-order chi connectivity index (χ1) is 8.83. The third-order valence-electron chi connectivity index (χ3n) is 5.64. The van der Waals surface area contributed by atoms with Crippen LogP contribution < -0.4 is 5.32 Å². The fourth-order valence-electron chi connectivity index (χ4n) is 4.91. The zero-order chi connectivity index (χ0) is 12.2. The Labute approximate surface area is 108 Å². The van der Waals surface area contributed by atoms with Crippen LogP contribution in [0, 0.1) is 5.92 Å². The van der Waals surface area contributed by atoms with Crippen molar-refractivity contribution in [2.45, 2.75) is 49.7 Å². The molecule has 2 fully saturated rings. The second kappa shape index (κ2) is 3.82. The highest BCUT2D eigenvalue weighted by Gasteiger charge is 2.54. The molecular formula is C16H21NO. The third kappa shape index (κ3) is 1.25. The van der Waals surface area contributed by atoms with Gasteiger partial charge in [-0.1, -0.05) is 37.1 Å². The maximum Gasteiger partial charge on any atom is 0.0948 e. The highest BCUT2D eigenvalue weighted by atomic mass is 16.3. The van der Waals surface area contributed by atoms with Gasteiger partial charge in [0.15, 0.2) is 0 Å². The Morgan fingerprint density at radius 2 is 2.06 bits per heavy atom. The largest absolute Gasteiger partial charge is 0.387 e. The van der Waals surface area contributed by atoms with Gasteiger partial charge in [0.05, 0.1) is 6.10 Å². The molecule has 1 aromatic rings. The first-order valence-corrected chi connectivity index (χ1v) is 7.34. The highest BCUT2D eigenvalue weighted by Crippen LogP contribution is 2.56. The molecule has 2 N–H and O–H groups in total. The van der Waals surface area contributed by atoms with Crippen molar-refractivity contribution in [3.05, 3.63) is 35.4 Å². The topological polar surface area (TPSA) is 32.3 Å². The summed E-state index contributed by atoms with van der Waals surface area (Å²) >= 11 is 0. The minimum Gasteiger partial charge on any atom is -0.387 e. The van der Waals surface area contributed by atoms with E-state index in [1.165, 1.54) is 43.2 Å². The predicted molar refractivity (Wildman–Crippen MR) is 71.4 cm³/mol. The summed E-state index contributed by atoms with van der Waals surface area (Å²) in [6, 6.07) is 8.91. The molecule has 1 saturated carbocycles. The van der Waals surface area contributed by atoms with E-state index in [4.69, 9.17) is 0 Å². The van der Waals surface area contributed by atoms with Crippen LogP contribution >= 0.6 is 0 Å². The lowest BCUT2D eigenvalue weighted by atomic mass is 9.52. The Hall–Kier alpha value is -0.860. The van der Waals surface area contributed by atoms with Crippen molar-refractivity contribution in [3.63, 3.8) is 0 Å². The molecule has 4 atom stereocenters. The summed E-state index contributed by atoms with van der Waals surface area (Å²) in [6.45, 7) is 1.06. The molecule has 1 saturated heterocycles. The van der Waals surface area contributed by atoms with Crippen LogP contribution in [0.2, 0.25) is 0 Å². The van der Waals surface area contributed by atoms with Crippen molar-refractivity contribution in [3.8, 4) is 0 Å². The first kappa shape index (κ1) is 11.0. The fraction of sp³-hybridized carbons (Fsp3) is 0.625. The number of benzene rings is 1. The van der Waals surface area contributed by atoms with Crippen LogP contribution in [-0.2, 0) is 5.41 Å². The van der Waals surface area contributed by atoms with Crippen LogP contribution in [0.25, 0.3) is 0 Å². The molecule has 2 heteroatoms. The van der Waals surface area contributed by atoms with Crippen molar-refractivity contribution in [2.75, 3.05) is 6.54 Å². The Bertz CT molecular complexity index is 468. The second-order valence-electron chi connectivity index (χ2n) is 6.27. The first-order valence-electron chi connectivity index (χ1n) is 7.34. The summed E-state index contributed by atoms with van der Waals surface area (Å²) in [5.41, 5.74) is 3.01. The molecule has 2 aliphatic carbocycles. The molecule has 2 nitrogen and oxygen atoms in total. The van der Waals surface area contributed by atoms with Crippen molar-refractivity contribution in [1.82, 2.24) is 5.32 Å². The average molecular weight is 243 g/mol. The van der Waals surface area contributed by atoms with E-state index >= 15 is 0 Å². The monoisotopic (exact) mass is 243 g/mol. The quantitative estimate of drug-likeness (QED) is 0.734. The van der Waals surface area contributed by atoms with Gasteiger partial charge in [-0.2, -0.15) is 0 Å². The molecule has 0 radical (unpaired) electrons. The lowest BCUT2D eigenvalue weighted by Gasteiger charge is -2.57. The number of piperidine rings is 1. The van der Waals surface area contributed by atoms with Gasteiger partial charge in [-0.15, -0.1) is 0 Å². The molecule has 2 bridgehead atoms. The minimum atomic E-state index is -0.308. The van der Waals surface area contributed by atoms with Crippen LogP contribution in [0.3, 0.4) is 0 Å². The molecule has 1 heterocycles. The number of aliphatic hydroxyl groups is 1. The number of nitrogens with one attached hydrogen (secondary N) is 1. The molecule has 18 heavy (non-hydrogen) atoms. The number of rotatable bonds is 0. The third-order valence-corrected chi connectivity index (χ3v) is 5.64. The summed E-state index contributed by atoms with van der Waals surface area (Å²) in [6.07, 6.45) is 6.23. The zero-order valence-electron chi connectivity index (χ0n) is 10.7. The fourth-order valence-corrected chi connectivity index (χ4v) is 4.91. The lowest BCUT2D eigenvalue weighted by Crippen LogP contribution is -2.61. The number of hydrogen-bond donors (Lipinski definition) is 2. The number of aliphatic hydroxyl groups excluding tert-OH is 1. The molecule has 0 spiro atoms. The Balaban J connectivity index is 1.94. The molecular weight excluding hydrogens is 222 g/mol. The van der Waals surface area contributed by atoms with E-state index in [-0.39, 0.29) is 12.1 Å². The second-order valence-corrected chi connectivity index (χ2v) is 6.27. The predicted octanol–water partition coefficient (Wildman–Crippen LogP) is 2.52. The summed E-state index contributed by atoms with van der Waals surface area (Å²) in [7, 11) is 0. The van der Waals surface area contributed by atoms with Crippen LogP contribution in [0.15, 0.2) is 24.3 Å². The number of hydrogen-bond acceptors (Lipinski definition) is 2. The van der Waals surface area contributed by atoms with E-state index in [0.717, 1.165) is 6.54 Å². The van der Waals surface area contributed by atoms with E-state index in [1.807, 2.05) is 0 Å². The van der Waals surface area contributed by atoms with Crippen LogP contribution in [0.1, 0.15) is 49.3 Å². The summed E-state index contributed by atoms with van der Waals surface area (Å²) < 4.78 is 0. The lowest BCUT2D eigenvalue weighted by molar-refractivity contribution is -0.00443. The highest BCUT2D eigenvalue weighted by molar-refractivity contribution is 5.42. The smallest absolute Gasteiger partial charge is 0.0948 e. The van der Waals surface area contributed by atoms with Crippen molar-refractivity contribution >= 4 is 0 Å². The van der Waals surface area contributed by atoms with Crippen molar-refractivity contribution < 1.29 is 5.11 Å². The van der Waals surface area contributed by atoms with E-state index in [1.54, 1.807) is 0 Å². The van der Waals surface area contributed by atoms with Crippen LogP contribution in [0.5, 0.6) is 0 Å². The molecule has 4 rings (SSSR count). The van der Waals surface area contributed by atoms with Gasteiger partial charge >= 0.3 is 0 Å². The average Bonchev–Trinajstić information content (AvgIpc) is 2.45. The van der Waals surface area contributed by atoms with Gasteiger partial charge in [-0.05, 0) is 42.9 Å². The van der Waals surface area contributed by atoms with Gasteiger partial charge in [-0.25, -0.2) is 0 Å². The van der Waals surface area contributed by atoms with Crippen LogP contribution in [0.4, 0.5) is 0 Å². The van der Waals surface area contributed by atoms with E-state index in [9.17, 15) is 5.11 Å². The summed E-state index contributed by atoms with van der Waals surface area (Å²) in [5, 5.41) is 14.2. The molecule has 3 aliphatic rings. The van der Waals surface area contributed by atoms with Crippen molar-refractivity contribution in [1.29, 1.82) is 0 Å². The van der Waals surface area contributed by atoms with Gasteiger partial charge in [0.2, 0.25) is 0 Å². The van der Waals surface area contributed by atoms with Gasteiger partial charge in [0, 0.05) is 11.5 Å². The minimum absolute atomic E-state index is 0.286. The van der Waals surface area contributed by atoms with Gasteiger partial charge in [0.1, 0.15) is 0 Å². The van der Waals surface area contributed by atoms with Gasteiger partial charge in [-0.3, -0.25) is 0 Å². The Morgan fingerprint density at radius 1 is 1.17 bits per heavy atom. The van der Waals surface area contributed by atoms with Gasteiger partial charge in [0.25, 0.3) is 0 Å². The van der Waals surface area contributed by atoms with E-state index in [0.29, 0.717) is 11.3 Å². The molecule has 1 unspecified atom stereocenters. The molecule has 0 amide bonds. The standard InChI is InChI=1S/C16H21NO/c18-15-11-5-1-2-6-12(11)16-8-4-3-7-13(16)14(15)17-10-9-16/h1-2,5-6,13-15,17-18H,3-4,7-10H2/t13-,14-,15?,16-/m0/s1. The normalized spacial score (nSPS) is 41.9. The molecule has 0 aromatic heterocycles. The summed E-state index contributed by atoms with van der Waals surface area (Å²) in [5.74, 6) is 0.643. The molecule has 96 valence electrons. The SMILES string of the molecule is OC1c2ccccc2[C@@]23CCCC[C@H]2[C@@H]1NCC3. The van der Waals surface area contributed by atoms with E-state index < -0.39 is 0 Å². The van der Waals surface area contributed by atoms with Crippen LogP contribution in [-0.4, -0.2) is 17.7 Å².